The molecule has 1 aromatic carbocycles. The van der Waals surface area contributed by atoms with Crippen molar-refractivity contribution in [2.75, 3.05) is 7.11 Å². The number of ether oxygens (including phenoxy) is 1. The molecule has 1 fully saturated rings. The van der Waals surface area contributed by atoms with Gasteiger partial charge in [0, 0.05) is 17.1 Å². The van der Waals surface area contributed by atoms with Gasteiger partial charge in [0.1, 0.15) is 11.2 Å². The lowest BCUT2D eigenvalue weighted by Gasteiger charge is -2.35. The molecule has 0 atom stereocenters. The first kappa shape index (κ1) is 14.7. The van der Waals surface area contributed by atoms with E-state index in [4.69, 9.17) is 16.3 Å². The van der Waals surface area contributed by atoms with Crippen LogP contribution in [0.1, 0.15) is 24.8 Å². The van der Waals surface area contributed by atoms with Crippen molar-refractivity contribution in [3.63, 3.8) is 0 Å². The fraction of sp³-hybridized carbons (Fsp3) is 0.429. The Morgan fingerprint density at radius 3 is 2.65 bits per heavy atom. The van der Waals surface area contributed by atoms with Crippen LogP contribution in [0.2, 0.25) is 5.02 Å². The molecule has 0 heterocycles. The normalized spacial score (nSPS) is 16.1. The Kier molecular flexibility index (Phi) is 4.18. The van der Waals surface area contributed by atoms with E-state index in [0.29, 0.717) is 29.2 Å². The van der Waals surface area contributed by atoms with Gasteiger partial charge in [0.25, 0.3) is 0 Å². The van der Waals surface area contributed by atoms with Gasteiger partial charge in [0.15, 0.2) is 0 Å². The quantitative estimate of drug-likeness (QED) is 0.817. The third-order valence-electron chi connectivity index (χ3n) is 3.77. The molecule has 0 saturated heterocycles. The van der Waals surface area contributed by atoms with E-state index in [-0.39, 0.29) is 6.54 Å². The van der Waals surface area contributed by atoms with Crippen LogP contribution in [0, 0.1) is 5.41 Å². The maximum absolute atomic E-state index is 12.1. The lowest BCUT2D eigenvalue weighted by Crippen LogP contribution is -2.50. The minimum atomic E-state index is -1.27. The summed E-state index contributed by atoms with van der Waals surface area (Å²) >= 11 is 6.07. The number of nitrogens with one attached hydrogen (secondary N) is 1. The number of carboxylic acid groups (broad SMARTS) is 1. The Hall–Kier alpha value is -1.75. The van der Waals surface area contributed by atoms with Gasteiger partial charge in [-0.25, -0.2) is 0 Å². The molecule has 1 aliphatic rings. The van der Waals surface area contributed by atoms with E-state index in [2.05, 4.69) is 5.32 Å². The molecule has 0 aliphatic heterocycles. The zero-order chi connectivity index (χ0) is 14.8. The second-order valence-corrected chi connectivity index (χ2v) is 5.25. The summed E-state index contributed by atoms with van der Waals surface area (Å²) in [6.07, 6.45) is 1.52. The van der Waals surface area contributed by atoms with E-state index in [1.165, 1.54) is 7.11 Å². The average molecular weight is 298 g/mol. The van der Waals surface area contributed by atoms with Crippen molar-refractivity contribution in [3.05, 3.63) is 28.8 Å². The van der Waals surface area contributed by atoms with Crippen LogP contribution in [0.15, 0.2) is 18.2 Å². The second-order valence-electron chi connectivity index (χ2n) is 4.84. The summed E-state index contributed by atoms with van der Waals surface area (Å²) in [6, 6.07) is 5.18. The van der Waals surface area contributed by atoms with Gasteiger partial charge >= 0.3 is 5.97 Å². The Morgan fingerprint density at radius 2 is 2.15 bits per heavy atom. The molecule has 0 bridgehead atoms. The highest BCUT2D eigenvalue weighted by atomic mass is 35.5. The molecule has 0 spiro atoms. The van der Waals surface area contributed by atoms with Crippen LogP contribution in [-0.2, 0) is 16.1 Å². The molecule has 1 aliphatic carbocycles. The lowest BCUT2D eigenvalue weighted by molar-refractivity contribution is -0.162. The molecule has 6 heteroatoms. The number of rotatable bonds is 5. The van der Waals surface area contributed by atoms with Crippen LogP contribution >= 0.6 is 11.6 Å². The van der Waals surface area contributed by atoms with Gasteiger partial charge < -0.3 is 15.2 Å². The number of amides is 1. The number of methoxy groups -OCH3 is 1. The van der Waals surface area contributed by atoms with E-state index in [1.54, 1.807) is 18.2 Å². The highest BCUT2D eigenvalue weighted by Crippen LogP contribution is 2.41. The number of carbonyl (C=O) groups excluding carboxylic acids is 1. The summed E-state index contributed by atoms with van der Waals surface area (Å²) < 4.78 is 5.18. The summed E-state index contributed by atoms with van der Waals surface area (Å²) in [5.74, 6) is -0.957. The molecule has 1 aromatic rings. The maximum atomic E-state index is 12.1. The Labute approximate surface area is 121 Å². The minimum Gasteiger partial charge on any atom is -0.496 e. The van der Waals surface area contributed by atoms with E-state index in [1.807, 2.05) is 0 Å². The first-order chi connectivity index (χ1) is 9.51. The number of hydrogen-bond donors (Lipinski definition) is 2. The average Bonchev–Trinajstić information content (AvgIpc) is 2.35. The molecular weight excluding hydrogens is 282 g/mol. The van der Waals surface area contributed by atoms with E-state index in [9.17, 15) is 14.7 Å². The Bertz CT molecular complexity index is 540. The largest absolute Gasteiger partial charge is 0.496 e. The van der Waals surface area contributed by atoms with Crippen molar-refractivity contribution in [2.45, 2.75) is 25.8 Å². The maximum Gasteiger partial charge on any atom is 0.319 e. The predicted molar refractivity (Wildman–Crippen MR) is 73.8 cm³/mol. The van der Waals surface area contributed by atoms with Crippen LogP contribution < -0.4 is 10.1 Å². The zero-order valence-electron chi connectivity index (χ0n) is 11.1. The molecule has 2 rings (SSSR count). The monoisotopic (exact) mass is 297 g/mol. The van der Waals surface area contributed by atoms with E-state index >= 15 is 0 Å². The molecule has 0 radical (unpaired) electrons. The molecule has 1 saturated carbocycles. The Morgan fingerprint density at radius 1 is 1.45 bits per heavy atom. The fourth-order valence-electron chi connectivity index (χ4n) is 2.31. The number of benzene rings is 1. The first-order valence-electron chi connectivity index (χ1n) is 6.34. The smallest absolute Gasteiger partial charge is 0.319 e. The van der Waals surface area contributed by atoms with Crippen molar-refractivity contribution >= 4 is 23.5 Å². The molecule has 1 amide bonds. The van der Waals surface area contributed by atoms with Gasteiger partial charge in [-0.1, -0.05) is 24.1 Å². The molecule has 108 valence electrons. The predicted octanol–water partition coefficient (Wildman–Crippen LogP) is 2.22. The molecule has 20 heavy (non-hydrogen) atoms. The first-order valence-corrected chi connectivity index (χ1v) is 6.72. The molecule has 2 N–H and O–H groups in total. The van der Waals surface area contributed by atoms with Crippen molar-refractivity contribution in [1.29, 1.82) is 0 Å². The summed E-state index contributed by atoms with van der Waals surface area (Å²) in [5.41, 5.74) is -0.626. The Balaban J connectivity index is 2.09. The van der Waals surface area contributed by atoms with Crippen molar-refractivity contribution in [2.24, 2.45) is 5.41 Å². The van der Waals surface area contributed by atoms with Crippen molar-refractivity contribution < 1.29 is 19.4 Å². The number of halogens is 1. The SMILES string of the molecule is COc1cccc(Cl)c1CNC(=O)C1(C(=O)O)CCC1. The molecule has 5 nitrogen and oxygen atoms in total. The zero-order valence-corrected chi connectivity index (χ0v) is 11.9. The van der Waals surface area contributed by atoms with Crippen LogP contribution in [0.25, 0.3) is 0 Å². The van der Waals surface area contributed by atoms with Crippen molar-refractivity contribution in [1.82, 2.24) is 5.32 Å². The minimum absolute atomic E-state index is 0.150. The summed E-state index contributed by atoms with van der Waals surface area (Å²) in [7, 11) is 1.52. The number of hydrogen-bond acceptors (Lipinski definition) is 3. The van der Waals surface area contributed by atoms with Gasteiger partial charge in [0.2, 0.25) is 5.91 Å². The van der Waals surface area contributed by atoms with Crippen LogP contribution in [0.5, 0.6) is 5.75 Å². The van der Waals surface area contributed by atoms with E-state index < -0.39 is 17.3 Å². The number of carbonyl (C=O) groups is 2. The topological polar surface area (TPSA) is 75.6 Å². The fourth-order valence-corrected chi connectivity index (χ4v) is 2.54. The standard InChI is InChI=1S/C14H16ClNO4/c1-20-11-5-2-4-10(15)9(11)8-16-12(17)14(13(18)19)6-3-7-14/h2,4-5H,3,6-8H2,1H3,(H,16,17)(H,18,19). The molecule has 0 aromatic heterocycles. The van der Waals surface area contributed by atoms with Gasteiger partial charge in [0.05, 0.1) is 7.11 Å². The third kappa shape index (κ3) is 2.45. The van der Waals surface area contributed by atoms with Gasteiger partial charge in [-0.05, 0) is 25.0 Å². The highest BCUT2D eigenvalue weighted by Gasteiger charge is 2.51. The highest BCUT2D eigenvalue weighted by molar-refractivity contribution is 6.31. The van der Waals surface area contributed by atoms with E-state index in [0.717, 1.165) is 6.42 Å². The van der Waals surface area contributed by atoms with Gasteiger partial charge in [-0.2, -0.15) is 0 Å². The third-order valence-corrected chi connectivity index (χ3v) is 4.13. The number of carboxylic acids is 1. The summed E-state index contributed by atoms with van der Waals surface area (Å²) in [5, 5.41) is 12.3. The van der Waals surface area contributed by atoms with Crippen LogP contribution in [0.3, 0.4) is 0 Å². The van der Waals surface area contributed by atoms with Crippen molar-refractivity contribution in [3.8, 4) is 5.75 Å². The lowest BCUT2D eigenvalue weighted by atomic mass is 9.68. The second kappa shape index (κ2) is 5.71. The van der Waals surface area contributed by atoms with Crippen LogP contribution in [-0.4, -0.2) is 24.1 Å². The molecule has 0 unspecified atom stereocenters. The van der Waals surface area contributed by atoms with Gasteiger partial charge in [-0.15, -0.1) is 0 Å². The number of aliphatic carboxylic acids is 1. The molecular formula is C14H16ClNO4. The summed E-state index contributed by atoms with van der Waals surface area (Å²) in [6.45, 7) is 0.150. The van der Waals surface area contributed by atoms with Crippen LogP contribution in [0.4, 0.5) is 0 Å². The van der Waals surface area contributed by atoms with Gasteiger partial charge in [-0.3, -0.25) is 9.59 Å². The summed E-state index contributed by atoms with van der Waals surface area (Å²) in [4.78, 5) is 23.3.